The van der Waals surface area contributed by atoms with Gasteiger partial charge < -0.3 is 5.32 Å². The van der Waals surface area contributed by atoms with Crippen LogP contribution >= 0.6 is 0 Å². The molecule has 0 radical (unpaired) electrons. The van der Waals surface area contributed by atoms with Crippen LogP contribution in [0.4, 0.5) is 0 Å². The Morgan fingerprint density at radius 3 is 2.67 bits per heavy atom. The lowest BCUT2D eigenvalue weighted by Crippen LogP contribution is -2.30. The van der Waals surface area contributed by atoms with Gasteiger partial charge in [-0.3, -0.25) is 14.7 Å². The Hall–Kier alpha value is -2.30. The molecular weight excluding hydrogens is 230 g/mol. The zero-order chi connectivity index (χ0) is 12.5. The number of nitrogens with zero attached hydrogens (tertiary/aromatic N) is 1. The highest BCUT2D eigenvalue weighted by molar-refractivity contribution is 5.94. The number of aromatic amines is 1. The Labute approximate surface area is 103 Å². The van der Waals surface area contributed by atoms with Crippen molar-refractivity contribution in [3.63, 3.8) is 0 Å². The number of amides is 1. The number of nitrogens with one attached hydrogen (secondary N) is 2. The average Bonchev–Trinajstić information content (AvgIpc) is 3.11. The molecule has 1 fully saturated rings. The summed E-state index contributed by atoms with van der Waals surface area (Å²) in [4.78, 5) is 23.9. The number of hydrogen-bond donors (Lipinski definition) is 2. The molecule has 1 heterocycles. The quantitative estimate of drug-likeness (QED) is 0.846. The molecule has 3 rings (SSSR count). The van der Waals surface area contributed by atoms with Crippen molar-refractivity contribution < 1.29 is 4.79 Å². The minimum atomic E-state index is -0.320. The standard InChI is InChI=1S/C13H13N3O2/c17-12(15-9-6-7-9)11-8-14-16(13(11)18)10-4-2-1-3-5-10/h1-5,8-9,14H,6-7H2,(H,15,17). The van der Waals surface area contributed by atoms with E-state index in [2.05, 4.69) is 10.4 Å². The van der Waals surface area contributed by atoms with E-state index in [-0.39, 0.29) is 23.1 Å². The third-order valence-electron chi connectivity index (χ3n) is 2.94. The Morgan fingerprint density at radius 1 is 1.28 bits per heavy atom. The van der Waals surface area contributed by atoms with Gasteiger partial charge in [-0.2, -0.15) is 0 Å². The number of benzene rings is 1. The SMILES string of the molecule is O=C(NC1CC1)c1c[nH]n(-c2ccccc2)c1=O. The molecule has 2 N–H and O–H groups in total. The number of rotatable bonds is 3. The highest BCUT2D eigenvalue weighted by atomic mass is 16.2. The largest absolute Gasteiger partial charge is 0.349 e. The minimum absolute atomic E-state index is 0.158. The van der Waals surface area contributed by atoms with Crippen molar-refractivity contribution in [3.05, 3.63) is 52.4 Å². The van der Waals surface area contributed by atoms with Crippen molar-refractivity contribution in [2.45, 2.75) is 18.9 Å². The van der Waals surface area contributed by atoms with Gasteiger partial charge in [-0.1, -0.05) is 18.2 Å². The second kappa shape index (κ2) is 4.18. The van der Waals surface area contributed by atoms with Crippen molar-refractivity contribution in [2.24, 2.45) is 0 Å². The Morgan fingerprint density at radius 2 is 2.00 bits per heavy atom. The first-order chi connectivity index (χ1) is 8.75. The first-order valence-electron chi connectivity index (χ1n) is 5.92. The van der Waals surface area contributed by atoms with Gasteiger partial charge in [-0.25, -0.2) is 4.68 Å². The van der Waals surface area contributed by atoms with Crippen LogP contribution in [0.15, 0.2) is 41.3 Å². The lowest BCUT2D eigenvalue weighted by Gasteiger charge is -2.00. The molecule has 1 aliphatic carbocycles. The summed E-state index contributed by atoms with van der Waals surface area (Å²) >= 11 is 0. The molecule has 1 saturated carbocycles. The second-order valence-corrected chi connectivity index (χ2v) is 4.41. The van der Waals surface area contributed by atoms with Crippen LogP contribution < -0.4 is 10.9 Å². The van der Waals surface area contributed by atoms with Gasteiger partial charge in [0.2, 0.25) is 0 Å². The van der Waals surface area contributed by atoms with Gasteiger partial charge in [0.25, 0.3) is 11.5 Å². The molecule has 0 unspecified atom stereocenters. The smallest absolute Gasteiger partial charge is 0.284 e. The lowest BCUT2D eigenvalue weighted by molar-refractivity contribution is 0.0950. The lowest BCUT2D eigenvalue weighted by atomic mass is 10.3. The van der Waals surface area contributed by atoms with Crippen LogP contribution in [0.25, 0.3) is 5.69 Å². The fourth-order valence-electron chi connectivity index (χ4n) is 1.79. The summed E-state index contributed by atoms with van der Waals surface area (Å²) in [5.74, 6) is -0.298. The van der Waals surface area contributed by atoms with E-state index in [0.29, 0.717) is 5.69 Å². The Bertz CT molecular complexity index is 623. The molecule has 5 heteroatoms. The number of carbonyl (C=O) groups excluding carboxylic acids is 1. The summed E-state index contributed by atoms with van der Waals surface area (Å²) in [6.07, 6.45) is 3.46. The van der Waals surface area contributed by atoms with E-state index in [4.69, 9.17) is 0 Å². The number of para-hydroxylation sites is 1. The number of aromatic nitrogens is 2. The van der Waals surface area contributed by atoms with Gasteiger partial charge >= 0.3 is 0 Å². The summed E-state index contributed by atoms with van der Waals surface area (Å²) in [5, 5.41) is 5.61. The van der Waals surface area contributed by atoms with Gasteiger partial charge in [0.1, 0.15) is 5.56 Å². The van der Waals surface area contributed by atoms with Crippen molar-refractivity contribution >= 4 is 5.91 Å². The first kappa shape index (κ1) is 10.8. The first-order valence-corrected chi connectivity index (χ1v) is 5.92. The molecule has 0 saturated heterocycles. The van der Waals surface area contributed by atoms with Crippen LogP contribution in [0, 0.1) is 0 Å². The molecular formula is C13H13N3O2. The molecule has 2 aromatic rings. The van der Waals surface area contributed by atoms with E-state index in [1.165, 1.54) is 10.9 Å². The fourth-order valence-corrected chi connectivity index (χ4v) is 1.79. The average molecular weight is 243 g/mol. The van der Waals surface area contributed by atoms with E-state index >= 15 is 0 Å². The maximum absolute atomic E-state index is 12.1. The normalized spacial score (nSPS) is 14.4. The highest BCUT2D eigenvalue weighted by Crippen LogP contribution is 2.18. The molecule has 0 spiro atoms. The maximum atomic E-state index is 12.1. The van der Waals surface area contributed by atoms with E-state index in [1.807, 2.05) is 18.2 Å². The fraction of sp³-hybridized carbons (Fsp3) is 0.231. The summed E-state index contributed by atoms with van der Waals surface area (Å²) in [6.45, 7) is 0. The van der Waals surface area contributed by atoms with E-state index in [1.54, 1.807) is 12.1 Å². The summed E-state index contributed by atoms with van der Waals surface area (Å²) in [5.41, 5.74) is 0.554. The van der Waals surface area contributed by atoms with Gasteiger partial charge in [-0.15, -0.1) is 0 Å². The van der Waals surface area contributed by atoms with Gasteiger partial charge in [0.15, 0.2) is 0 Å². The Balaban J connectivity index is 1.92. The summed E-state index contributed by atoms with van der Waals surface area (Å²) < 4.78 is 1.36. The third kappa shape index (κ3) is 1.95. The van der Waals surface area contributed by atoms with Crippen molar-refractivity contribution in [1.29, 1.82) is 0 Å². The predicted molar refractivity (Wildman–Crippen MR) is 66.9 cm³/mol. The van der Waals surface area contributed by atoms with E-state index < -0.39 is 0 Å². The molecule has 0 atom stereocenters. The van der Waals surface area contributed by atoms with E-state index in [0.717, 1.165) is 12.8 Å². The van der Waals surface area contributed by atoms with Crippen molar-refractivity contribution in [3.8, 4) is 5.69 Å². The minimum Gasteiger partial charge on any atom is -0.349 e. The molecule has 18 heavy (non-hydrogen) atoms. The number of hydrogen-bond acceptors (Lipinski definition) is 2. The molecule has 1 aliphatic rings. The second-order valence-electron chi connectivity index (χ2n) is 4.41. The van der Waals surface area contributed by atoms with Gasteiger partial charge in [0, 0.05) is 12.2 Å². The molecule has 1 aromatic heterocycles. The molecule has 1 aromatic carbocycles. The van der Waals surface area contributed by atoms with Crippen LogP contribution in [0.5, 0.6) is 0 Å². The molecule has 92 valence electrons. The molecule has 0 bridgehead atoms. The maximum Gasteiger partial charge on any atom is 0.284 e. The number of carbonyl (C=O) groups is 1. The number of H-pyrrole nitrogens is 1. The Kier molecular flexibility index (Phi) is 2.51. The van der Waals surface area contributed by atoms with Crippen LogP contribution in [0.2, 0.25) is 0 Å². The summed E-state index contributed by atoms with van der Waals surface area (Å²) in [7, 11) is 0. The molecule has 1 amide bonds. The van der Waals surface area contributed by atoms with Crippen molar-refractivity contribution in [2.75, 3.05) is 0 Å². The van der Waals surface area contributed by atoms with Crippen LogP contribution in [0.1, 0.15) is 23.2 Å². The summed E-state index contributed by atoms with van der Waals surface area (Å²) in [6, 6.07) is 9.41. The zero-order valence-electron chi connectivity index (χ0n) is 9.72. The van der Waals surface area contributed by atoms with Crippen LogP contribution in [-0.2, 0) is 0 Å². The highest BCUT2D eigenvalue weighted by Gasteiger charge is 2.25. The monoisotopic (exact) mass is 243 g/mol. The zero-order valence-corrected chi connectivity index (χ0v) is 9.72. The third-order valence-corrected chi connectivity index (χ3v) is 2.94. The molecule has 5 nitrogen and oxygen atoms in total. The van der Waals surface area contributed by atoms with Crippen LogP contribution in [-0.4, -0.2) is 21.7 Å². The van der Waals surface area contributed by atoms with Crippen molar-refractivity contribution in [1.82, 2.24) is 15.1 Å². The van der Waals surface area contributed by atoms with Gasteiger partial charge in [0.05, 0.1) is 5.69 Å². The van der Waals surface area contributed by atoms with E-state index in [9.17, 15) is 9.59 Å². The molecule has 0 aliphatic heterocycles. The topological polar surface area (TPSA) is 66.9 Å². The predicted octanol–water partition coefficient (Wildman–Crippen LogP) is 1.06. The van der Waals surface area contributed by atoms with Crippen LogP contribution in [0.3, 0.4) is 0 Å². The van der Waals surface area contributed by atoms with Gasteiger partial charge in [-0.05, 0) is 25.0 Å².